The quantitative estimate of drug-likeness (QED) is 0.646. The van der Waals surface area contributed by atoms with Gasteiger partial charge in [-0.1, -0.05) is 29.0 Å². The van der Waals surface area contributed by atoms with E-state index >= 15 is 0 Å². The van der Waals surface area contributed by atoms with Gasteiger partial charge in [0, 0.05) is 17.3 Å². The molecule has 1 aliphatic rings. The fraction of sp³-hybridized carbons (Fsp3) is 0.250. The minimum Gasteiger partial charge on any atom is -0.454 e. The number of carbonyl (C=O) groups is 1. The number of ether oxygens (including phenoxy) is 2. The molecule has 0 fully saturated rings. The lowest BCUT2D eigenvalue weighted by Gasteiger charge is -2.10. The highest BCUT2D eigenvalue weighted by molar-refractivity contribution is 8.00. The van der Waals surface area contributed by atoms with Crippen LogP contribution in [0.2, 0.25) is 0 Å². The van der Waals surface area contributed by atoms with E-state index in [1.165, 1.54) is 11.8 Å². The summed E-state index contributed by atoms with van der Waals surface area (Å²) in [7, 11) is 0. The Kier molecular flexibility index (Phi) is 4.95. The molecule has 0 unspecified atom stereocenters. The molecule has 0 spiro atoms. The minimum absolute atomic E-state index is 0.171. The van der Waals surface area contributed by atoms with E-state index in [1.807, 2.05) is 26.0 Å². The molecule has 1 aromatic heterocycles. The molecule has 0 aliphatic carbocycles. The number of nitrogens with zero attached hydrogens (tertiary/aromatic N) is 2. The van der Waals surface area contributed by atoms with Crippen LogP contribution < -0.4 is 14.8 Å². The first-order valence-corrected chi connectivity index (χ1v) is 9.65. The highest BCUT2D eigenvalue weighted by Gasteiger charge is 2.20. The highest BCUT2D eigenvalue weighted by Crippen LogP contribution is 2.34. The normalized spacial score (nSPS) is 13.4. The maximum absolute atomic E-state index is 12.5. The first-order chi connectivity index (χ1) is 13.5. The van der Waals surface area contributed by atoms with E-state index in [9.17, 15) is 4.79 Å². The maximum atomic E-state index is 12.5. The van der Waals surface area contributed by atoms with Gasteiger partial charge in [-0.05, 0) is 45.0 Å². The summed E-state index contributed by atoms with van der Waals surface area (Å²) in [5.74, 6) is 1.56. The van der Waals surface area contributed by atoms with E-state index in [-0.39, 0.29) is 12.7 Å². The molecule has 28 heavy (non-hydrogen) atoms. The monoisotopic (exact) mass is 397 g/mol. The minimum atomic E-state index is -0.419. The average molecular weight is 397 g/mol. The summed E-state index contributed by atoms with van der Waals surface area (Å²) >= 11 is 1.21. The number of anilines is 1. The van der Waals surface area contributed by atoms with Crippen molar-refractivity contribution in [1.29, 1.82) is 0 Å². The molecule has 0 saturated carbocycles. The second kappa shape index (κ2) is 7.55. The van der Waals surface area contributed by atoms with Crippen LogP contribution in [0, 0.1) is 13.8 Å². The maximum Gasteiger partial charge on any atom is 0.277 e. The molecule has 1 amide bonds. The molecule has 1 N–H and O–H groups in total. The topological polar surface area (TPSA) is 86.5 Å². The van der Waals surface area contributed by atoms with Crippen molar-refractivity contribution in [2.24, 2.45) is 0 Å². The second-order valence-corrected chi connectivity index (χ2v) is 7.86. The fourth-order valence-electron chi connectivity index (χ4n) is 2.90. The second-order valence-electron chi connectivity index (χ2n) is 6.57. The van der Waals surface area contributed by atoms with E-state index in [1.54, 1.807) is 25.1 Å². The Morgan fingerprint density at radius 1 is 1.07 bits per heavy atom. The predicted molar refractivity (Wildman–Crippen MR) is 106 cm³/mol. The lowest BCUT2D eigenvalue weighted by atomic mass is 10.1. The number of fused-ring (bicyclic) bond motifs is 1. The Morgan fingerprint density at radius 2 is 1.82 bits per heavy atom. The van der Waals surface area contributed by atoms with Crippen LogP contribution >= 0.6 is 11.8 Å². The number of carbonyl (C=O) groups excluding carboxylic acids is 1. The fourth-order valence-corrected chi connectivity index (χ4v) is 3.58. The Balaban J connectivity index is 1.41. The molecule has 144 valence electrons. The zero-order chi connectivity index (χ0) is 19.7. The van der Waals surface area contributed by atoms with Crippen LogP contribution in [0.4, 0.5) is 5.69 Å². The SMILES string of the molecule is Cc1cc(C)cc(-c2nnc(S[C@@H](C)C(=O)Nc3ccc4c(c3)OCO4)o2)c1. The van der Waals surface area contributed by atoms with Gasteiger partial charge in [0.05, 0.1) is 5.25 Å². The molecule has 2 aromatic carbocycles. The summed E-state index contributed by atoms with van der Waals surface area (Å²) < 4.78 is 16.3. The van der Waals surface area contributed by atoms with Crippen LogP contribution in [-0.4, -0.2) is 28.1 Å². The number of benzene rings is 2. The van der Waals surface area contributed by atoms with E-state index < -0.39 is 5.25 Å². The molecule has 2 heterocycles. The molecular formula is C20H19N3O4S. The van der Waals surface area contributed by atoms with Crippen molar-refractivity contribution in [3.05, 3.63) is 47.5 Å². The van der Waals surface area contributed by atoms with Crippen molar-refractivity contribution in [3.63, 3.8) is 0 Å². The van der Waals surface area contributed by atoms with Gasteiger partial charge in [-0.3, -0.25) is 4.79 Å². The molecule has 1 aliphatic heterocycles. The standard InChI is InChI=1S/C20H19N3O4S/c1-11-6-12(2)8-14(7-11)19-22-23-20(27-19)28-13(3)18(24)21-15-4-5-16-17(9-15)26-10-25-16/h4-9,13H,10H2,1-3H3,(H,21,24)/t13-/m0/s1. The average Bonchev–Trinajstić information content (AvgIpc) is 3.29. The number of amides is 1. The molecular weight excluding hydrogens is 378 g/mol. The molecule has 0 saturated heterocycles. The van der Waals surface area contributed by atoms with Gasteiger partial charge >= 0.3 is 0 Å². The predicted octanol–water partition coefficient (Wildman–Crippen LogP) is 4.20. The van der Waals surface area contributed by atoms with E-state index in [0.29, 0.717) is 28.3 Å². The van der Waals surface area contributed by atoms with Crippen molar-refractivity contribution < 1.29 is 18.7 Å². The number of thioether (sulfide) groups is 1. The van der Waals surface area contributed by atoms with Crippen LogP contribution in [0.1, 0.15) is 18.1 Å². The summed E-state index contributed by atoms with van der Waals surface area (Å²) in [6.07, 6.45) is 0. The lowest BCUT2D eigenvalue weighted by molar-refractivity contribution is -0.115. The smallest absolute Gasteiger partial charge is 0.277 e. The van der Waals surface area contributed by atoms with Crippen molar-refractivity contribution >= 4 is 23.4 Å². The van der Waals surface area contributed by atoms with Gasteiger partial charge in [0.2, 0.25) is 18.6 Å². The summed E-state index contributed by atoms with van der Waals surface area (Å²) in [6, 6.07) is 11.3. The molecule has 4 rings (SSSR count). The largest absolute Gasteiger partial charge is 0.454 e. The van der Waals surface area contributed by atoms with Crippen molar-refractivity contribution in [2.45, 2.75) is 31.2 Å². The number of hydrogen-bond donors (Lipinski definition) is 1. The summed E-state index contributed by atoms with van der Waals surface area (Å²) in [6.45, 7) is 6.02. The highest BCUT2D eigenvalue weighted by atomic mass is 32.2. The number of rotatable bonds is 5. The Bertz CT molecular complexity index is 1010. The first kappa shape index (κ1) is 18.4. The number of aromatic nitrogens is 2. The van der Waals surface area contributed by atoms with Crippen molar-refractivity contribution in [1.82, 2.24) is 10.2 Å². The molecule has 7 nitrogen and oxygen atoms in total. The van der Waals surface area contributed by atoms with Crippen LogP contribution in [-0.2, 0) is 4.79 Å². The lowest BCUT2D eigenvalue weighted by Crippen LogP contribution is -2.22. The molecule has 3 aromatic rings. The van der Waals surface area contributed by atoms with Gasteiger partial charge in [-0.2, -0.15) is 0 Å². The van der Waals surface area contributed by atoms with Gasteiger partial charge in [0.25, 0.3) is 5.22 Å². The van der Waals surface area contributed by atoms with Crippen molar-refractivity contribution in [3.8, 4) is 23.0 Å². The zero-order valence-corrected chi connectivity index (χ0v) is 16.5. The van der Waals surface area contributed by atoms with Gasteiger partial charge < -0.3 is 19.2 Å². The van der Waals surface area contributed by atoms with Gasteiger partial charge in [-0.25, -0.2) is 0 Å². The zero-order valence-electron chi connectivity index (χ0n) is 15.7. The van der Waals surface area contributed by atoms with Crippen LogP contribution in [0.5, 0.6) is 11.5 Å². The van der Waals surface area contributed by atoms with E-state index in [2.05, 4.69) is 21.6 Å². The van der Waals surface area contributed by atoms with E-state index in [4.69, 9.17) is 13.9 Å². The van der Waals surface area contributed by atoms with Gasteiger partial charge in [0.15, 0.2) is 11.5 Å². The van der Waals surface area contributed by atoms with Crippen molar-refractivity contribution in [2.75, 3.05) is 12.1 Å². The third kappa shape index (κ3) is 3.96. The Hall–Kier alpha value is -3.00. The molecule has 0 radical (unpaired) electrons. The van der Waals surface area contributed by atoms with Crippen LogP contribution in [0.15, 0.2) is 46.0 Å². The molecule has 0 bridgehead atoms. The third-order valence-electron chi connectivity index (χ3n) is 4.16. The molecule has 1 atom stereocenters. The number of nitrogens with one attached hydrogen (secondary N) is 1. The Labute approximate surface area is 166 Å². The summed E-state index contributed by atoms with van der Waals surface area (Å²) in [5.41, 5.74) is 3.76. The first-order valence-electron chi connectivity index (χ1n) is 8.77. The third-order valence-corrected chi connectivity index (χ3v) is 5.10. The van der Waals surface area contributed by atoms with Crippen LogP contribution in [0.25, 0.3) is 11.5 Å². The Morgan fingerprint density at radius 3 is 2.61 bits per heavy atom. The number of aryl methyl sites for hydroxylation is 2. The summed E-state index contributed by atoms with van der Waals surface area (Å²) in [5, 5.41) is 11.0. The van der Waals surface area contributed by atoms with Gasteiger partial charge in [-0.15, -0.1) is 10.2 Å². The van der Waals surface area contributed by atoms with Gasteiger partial charge in [0.1, 0.15) is 0 Å². The molecule has 8 heteroatoms. The summed E-state index contributed by atoms with van der Waals surface area (Å²) in [4.78, 5) is 12.5. The number of hydrogen-bond acceptors (Lipinski definition) is 7. The van der Waals surface area contributed by atoms with Crippen LogP contribution in [0.3, 0.4) is 0 Å². The van der Waals surface area contributed by atoms with E-state index in [0.717, 1.165) is 16.7 Å².